The number of ether oxygens (including phenoxy) is 2. The molecule has 0 spiro atoms. The maximum atomic E-state index is 5.29. The first kappa shape index (κ1) is 8.01. The number of hydrogen-bond donors (Lipinski definition) is 0. The van der Waals surface area contributed by atoms with E-state index in [1.165, 1.54) is 0 Å². The van der Waals surface area contributed by atoms with Gasteiger partial charge in [0.1, 0.15) is 5.69 Å². The van der Waals surface area contributed by atoms with Gasteiger partial charge in [-0.25, -0.2) is 4.98 Å². The molecule has 2 rings (SSSR count). The van der Waals surface area contributed by atoms with Gasteiger partial charge in [0.15, 0.2) is 6.79 Å². The molecule has 3 nitrogen and oxygen atoms in total. The van der Waals surface area contributed by atoms with E-state index in [9.17, 15) is 0 Å². The smallest absolute Gasteiger partial charge is 0.202 e. The van der Waals surface area contributed by atoms with Gasteiger partial charge in [-0.1, -0.05) is 25.2 Å². The molecule has 0 saturated carbocycles. The Hall–Kier alpha value is -0.610. The Morgan fingerprint density at radius 1 is 1.50 bits per heavy atom. The van der Waals surface area contributed by atoms with Crippen molar-refractivity contribution in [3.8, 4) is 5.06 Å². The molecule has 1 aliphatic heterocycles. The van der Waals surface area contributed by atoms with Crippen LogP contribution >= 0.6 is 11.3 Å². The second-order valence-corrected chi connectivity index (χ2v) is 4.04. The summed E-state index contributed by atoms with van der Waals surface area (Å²) in [6, 6.07) is 0. The van der Waals surface area contributed by atoms with E-state index >= 15 is 0 Å². The normalized spacial score (nSPS) is 15.9. The molecule has 12 heavy (non-hydrogen) atoms. The predicted octanol–water partition coefficient (Wildman–Crippen LogP) is 2.13. The van der Waals surface area contributed by atoms with Crippen LogP contribution in [0.4, 0.5) is 0 Å². The number of fused-ring (bicyclic) bond motifs is 1. The minimum atomic E-state index is 0.368. The van der Waals surface area contributed by atoms with Crippen molar-refractivity contribution in [2.24, 2.45) is 0 Å². The molecule has 0 N–H and O–H groups in total. The van der Waals surface area contributed by atoms with Crippen LogP contribution in [0.1, 0.15) is 30.5 Å². The van der Waals surface area contributed by atoms with E-state index in [1.54, 1.807) is 11.3 Å². The molecule has 0 saturated heterocycles. The molecule has 0 bridgehead atoms. The first-order valence-corrected chi connectivity index (χ1v) is 4.79. The molecule has 0 atom stereocenters. The molecular weight excluding hydrogens is 174 g/mol. The number of hydrogen-bond acceptors (Lipinski definition) is 4. The number of rotatable bonds is 1. The Morgan fingerprint density at radius 2 is 2.33 bits per heavy atom. The predicted molar refractivity (Wildman–Crippen MR) is 46.5 cm³/mol. The van der Waals surface area contributed by atoms with Gasteiger partial charge >= 0.3 is 0 Å². The molecule has 0 aromatic carbocycles. The number of thiazole rings is 1. The summed E-state index contributed by atoms with van der Waals surface area (Å²) in [5, 5.41) is 2.07. The van der Waals surface area contributed by atoms with Gasteiger partial charge in [-0.05, 0) is 0 Å². The molecule has 0 unspecified atom stereocenters. The lowest BCUT2D eigenvalue weighted by Crippen LogP contribution is -2.09. The largest absolute Gasteiger partial charge is 0.456 e. The molecule has 1 aromatic rings. The van der Waals surface area contributed by atoms with Crippen LogP contribution in [0.3, 0.4) is 0 Å². The number of aromatic nitrogens is 1. The molecular formula is C8H11NO2S. The summed E-state index contributed by atoms with van der Waals surface area (Å²) in [6.45, 7) is 5.22. The van der Waals surface area contributed by atoms with Gasteiger partial charge in [-0.15, -0.1) is 0 Å². The van der Waals surface area contributed by atoms with E-state index in [-0.39, 0.29) is 0 Å². The van der Waals surface area contributed by atoms with Gasteiger partial charge in [-0.3, -0.25) is 0 Å². The minimum Gasteiger partial charge on any atom is -0.456 e. The molecule has 0 aliphatic carbocycles. The van der Waals surface area contributed by atoms with E-state index in [1.807, 2.05) is 0 Å². The molecule has 0 fully saturated rings. The van der Waals surface area contributed by atoms with Crippen LogP contribution in [0.15, 0.2) is 0 Å². The lowest BCUT2D eigenvalue weighted by atomic mass is 10.2. The average molecular weight is 185 g/mol. The molecule has 2 heterocycles. The van der Waals surface area contributed by atoms with E-state index in [0.29, 0.717) is 19.3 Å². The minimum absolute atomic E-state index is 0.368. The third kappa shape index (κ3) is 1.32. The van der Waals surface area contributed by atoms with E-state index in [2.05, 4.69) is 18.8 Å². The Kier molecular flexibility index (Phi) is 2.02. The van der Waals surface area contributed by atoms with E-state index < -0.39 is 0 Å². The van der Waals surface area contributed by atoms with Crippen LogP contribution in [0.5, 0.6) is 5.06 Å². The van der Waals surface area contributed by atoms with Gasteiger partial charge < -0.3 is 9.47 Å². The zero-order valence-corrected chi connectivity index (χ0v) is 7.98. The summed E-state index contributed by atoms with van der Waals surface area (Å²) in [5.41, 5.74) is 0.954. The first-order chi connectivity index (χ1) is 5.77. The van der Waals surface area contributed by atoms with E-state index in [0.717, 1.165) is 15.8 Å². The lowest BCUT2D eigenvalue weighted by molar-refractivity contribution is -0.0153. The van der Waals surface area contributed by atoms with Gasteiger partial charge in [-0.2, -0.15) is 0 Å². The van der Waals surface area contributed by atoms with Gasteiger partial charge in [0.05, 0.1) is 11.6 Å². The van der Waals surface area contributed by atoms with Crippen LogP contribution in [0.2, 0.25) is 0 Å². The number of nitrogens with zero attached hydrogens (tertiary/aromatic N) is 1. The molecule has 66 valence electrons. The second-order valence-electron chi connectivity index (χ2n) is 3.05. The topological polar surface area (TPSA) is 31.4 Å². The highest BCUT2D eigenvalue weighted by Gasteiger charge is 2.17. The molecule has 0 radical (unpaired) electrons. The molecule has 1 aromatic heterocycles. The third-order valence-electron chi connectivity index (χ3n) is 1.68. The average Bonchev–Trinajstić information content (AvgIpc) is 2.46. The maximum absolute atomic E-state index is 5.29. The highest BCUT2D eigenvalue weighted by atomic mass is 32.1. The second kappa shape index (κ2) is 3.03. The SMILES string of the molecule is CC(C)c1nc2c(s1)OCOC2. The fourth-order valence-corrected chi connectivity index (χ4v) is 1.95. The Morgan fingerprint density at radius 3 is 3.00 bits per heavy atom. The molecule has 4 heteroatoms. The Labute approximate surface area is 75.3 Å². The quantitative estimate of drug-likeness (QED) is 0.671. The monoisotopic (exact) mass is 185 g/mol. The van der Waals surface area contributed by atoms with Crippen molar-refractivity contribution >= 4 is 11.3 Å². The highest BCUT2D eigenvalue weighted by Crippen LogP contribution is 2.33. The van der Waals surface area contributed by atoms with Gasteiger partial charge in [0.2, 0.25) is 5.06 Å². The summed E-state index contributed by atoms with van der Waals surface area (Å²) in [5.74, 6) is 0.476. The summed E-state index contributed by atoms with van der Waals surface area (Å²) in [6.07, 6.45) is 0. The van der Waals surface area contributed by atoms with Crippen LogP contribution in [0.25, 0.3) is 0 Å². The van der Waals surface area contributed by atoms with Crippen LogP contribution < -0.4 is 4.74 Å². The van der Waals surface area contributed by atoms with Crippen LogP contribution in [-0.4, -0.2) is 11.8 Å². The lowest BCUT2D eigenvalue weighted by Gasteiger charge is -2.10. The zero-order chi connectivity index (χ0) is 8.55. The summed E-state index contributed by atoms with van der Waals surface area (Å²) >= 11 is 1.63. The molecule has 0 amide bonds. The zero-order valence-electron chi connectivity index (χ0n) is 7.16. The van der Waals surface area contributed by atoms with Crippen molar-refractivity contribution in [2.75, 3.05) is 6.79 Å². The van der Waals surface area contributed by atoms with Crippen molar-refractivity contribution in [3.05, 3.63) is 10.7 Å². The van der Waals surface area contributed by atoms with E-state index in [4.69, 9.17) is 9.47 Å². The maximum Gasteiger partial charge on any atom is 0.202 e. The van der Waals surface area contributed by atoms with Crippen molar-refractivity contribution in [1.82, 2.24) is 4.98 Å². The first-order valence-electron chi connectivity index (χ1n) is 3.97. The van der Waals surface area contributed by atoms with Crippen molar-refractivity contribution in [3.63, 3.8) is 0 Å². The summed E-state index contributed by atoms with van der Waals surface area (Å²) in [7, 11) is 0. The Bertz CT molecular complexity index is 259. The Balaban J connectivity index is 2.32. The van der Waals surface area contributed by atoms with Gasteiger partial charge in [0, 0.05) is 5.92 Å². The summed E-state index contributed by atoms with van der Waals surface area (Å²) in [4.78, 5) is 4.42. The van der Waals surface area contributed by atoms with Crippen molar-refractivity contribution < 1.29 is 9.47 Å². The van der Waals surface area contributed by atoms with Gasteiger partial charge in [0.25, 0.3) is 0 Å². The summed E-state index contributed by atoms with van der Waals surface area (Å²) < 4.78 is 10.4. The fourth-order valence-electron chi connectivity index (χ4n) is 1.04. The standard InChI is InChI=1S/C8H11NO2S/c1-5(2)7-9-6-3-10-4-11-8(6)12-7/h5H,3-4H2,1-2H3. The van der Waals surface area contributed by atoms with Crippen LogP contribution in [0, 0.1) is 0 Å². The van der Waals surface area contributed by atoms with Crippen molar-refractivity contribution in [1.29, 1.82) is 0 Å². The third-order valence-corrected chi connectivity index (χ3v) is 2.99. The molecule has 1 aliphatic rings. The van der Waals surface area contributed by atoms with Crippen LogP contribution in [-0.2, 0) is 11.3 Å². The fraction of sp³-hybridized carbons (Fsp3) is 0.625. The highest BCUT2D eigenvalue weighted by molar-refractivity contribution is 7.13. The van der Waals surface area contributed by atoms with Crippen molar-refractivity contribution in [2.45, 2.75) is 26.4 Å².